The molecule has 98 valence electrons. The van der Waals surface area contributed by atoms with Crippen molar-refractivity contribution in [3.05, 3.63) is 35.4 Å². The molecule has 0 radical (unpaired) electrons. The first-order valence-corrected chi connectivity index (χ1v) is 6.64. The molecular formula is C15H22N2O. The third kappa shape index (κ3) is 2.41. The Kier molecular flexibility index (Phi) is 4.02. The van der Waals surface area contributed by atoms with Crippen molar-refractivity contribution < 1.29 is 4.79 Å². The van der Waals surface area contributed by atoms with E-state index < -0.39 is 0 Å². The molecule has 1 aliphatic carbocycles. The zero-order chi connectivity index (χ0) is 13.1. The van der Waals surface area contributed by atoms with Crippen LogP contribution >= 0.6 is 0 Å². The summed E-state index contributed by atoms with van der Waals surface area (Å²) in [6.45, 7) is 2.72. The van der Waals surface area contributed by atoms with Crippen LogP contribution in [0.25, 0.3) is 0 Å². The van der Waals surface area contributed by atoms with Crippen molar-refractivity contribution in [1.82, 2.24) is 10.2 Å². The van der Waals surface area contributed by atoms with Crippen LogP contribution < -0.4 is 5.32 Å². The van der Waals surface area contributed by atoms with E-state index in [0.29, 0.717) is 0 Å². The van der Waals surface area contributed by atoms with Gasteiger partial charge >= 0.3 is 0 Å². The van der Waals surface area contributed by atoms with Gasteiger partial charge in [-0.3, -0.25) is 4.79 Å². The molecule has 2 unspecified atom stereocenters. The molecular weight excluding hydrogens is 224 g/mol. The second-order valence-corrected chi connectivity index (χ2v) is 5.16. The van der Waals surface area contributed by atoms with E-state index in [9.17, 15) is 4.79 Å². The van der Waals surface area contributed by atoms with Crippen molar-refractivity contribution in [2.24, 2.45) is 5.92 Å². The summed E-state index contributed by atoms with van der Waals surface area (Å²) in [5.41, 5.74) is 2.72. The van der Waals surface area contributed by atoms with Crippen LogP contribution in [0.4, 0.5) is 0 Å². The van der Waals surface area contributed by atoms with Crippen molar-refractivity contribution in [2.75, 3.05) is 20.6 Å². The lowest BCUT2D eigenvalue weighted by Crippen LogP contribution is -2.37. The Balaban J connectivity index is 2.11. The second kappa shape index (κ2) is 5.53. The maximum Gasteiger partial charge on any atom is 0.226 e. The van der Waals surface area contributed by atoms with Gasteiger partial charge in [0.1, 0.15) is 0 Å². The minimum Gasteiger partial charge on any atom is -0.338 e. The fraction of sp³-hybridized carbons (Fsp3) is 0.533. The SMILES string of the molecule is CNCC(C)C(=O)N(C)C1CCc2ccccc21. The highest BCUT2D eigenvalue weighted by Gasteiger charge is 2.29. The Morgan fingerprint density at radius 1 is 1.50 bits per heavy atom. The predicted molar refractivity (Wildman–Crippen MR) is 73.4 cm³/mol. The summed E-state index contributed by atoms with van der Waals surface area (Å²) in [6, 6.07) is 8.72. The summed E-state index contributed by atoms with van der Waals surface area (Å²) in [7, 11) is 3.82. The fourth-order valence-electron chi connectivity index (χ4n) is 2.83. The summed E-state index contributed by atoms with van der Waals surface area (Å²) < 4.78 is 0. The molecule has 1 aromatic rings. The van der Waals surface area contributed by atoms with Gasteiger partial charge in [0.05, 0.1) is 6.04 Å². The van der Waals surface area contributed by atoms with E-state index in [4.69, 9.17) is 0 Å². The number of aryl methyl sites for hydroxylation is 1. The largest absolute Gasteiger partial charge is 0.338 e. The monoisotopic (exact) mass is 246 g/mol. The molecule has 1 N–H and O–H groups in total. The molecule has 3 heteroatoms. The van der Waals surface area contributed by atoms with Gasteiger partial charge in [-0.05, 0) is 31.0 Å². The first-order chi connectivity index (χ1) is 8.65. The Morgan fingerprint density at radius 2 is 2.22 bits per heavy atom. The van der Waals surface area contributed by atoms with Crippen LogP contribution in [0.15, 0.2) is 24.3 Å². The topological polar surface area (TPSA) is 32.3 Å². The summed E-state index contributed by atoms with van der Waals surface area (Å²) in [6.07, 6.45) is 2.13. The van der Waals surface area contributed by atoms with E-state index >= 15 is 0 Å². The zero-order valence-corrected chi connectivity index (χ0v) is 11.4. The molecule has 1 aliphatic rings. The molecule has 0 saturated heterocycles. The minimum absolute atomic E-state index is 0.0350. The molecule has 0 aliphatic heterocycles. The van der Waals surface area contributed by atoms with E-state index in [2.05, 4.69) is 29.6 Å². The molecule has 0 heterocycles. The zero-order valence-electron chi connectivity index (χ0n) is 11.4. The summed E-state index contributed by atoms with van der Waals surface area (Å²) in [4.78, 5) is 14.2. The first-order valence-electron chi connectivity index (χ1n) is 6.64. The van der Waals surface area contributed by atoms with Gasteiger partial charge in [-0.15, -0.1) is 0 Å². The van der Waals surface area contributed by atoms with Gasteiger partial charge in [0.2, 0.25) is 5.91 Å². The standard InChI is InChI=1S/C15H22N2O/c1-11(10-16-2)15(18)17(3)14-9-8-12-6-4-5-7-13(12)14/h4-7,11,14,16H,8-10H2,1-3H3. The van der Waals surface area contributed by atoms with Crippen LogP contribution in [0, 0.1) is 5.92 Å². The molecule has 1 aromatic carbocycles. The highest BCUT2D eigenvalue weighted by molar-refractivity contribution is 5.79. The molecule has 1 amide bonds. The fourth-order valence-corrected chi connectivity index (χ4v) is 2.83. The normalized spacial score (nSPS) is 19.4. The average molecular weight is 246 g/mol. The van der Waals surface area contributed by atoms with Crippen LogP contribution in [-0.2, 0) is 11.2 Å². The molecule has 0 spiro atoms. The van der Waals surface area contributed by atoms with Crippen molar-refractivity contribution >= 4 is 5.91 Å². The van der Waals surface area contributed by atoms with Crippen molar-refractivity contribution in [2.45, 2.75) is 25.8 Å². The number of benzene rings is 1. The van der Waals surface area contributed by atoms with E-state index in [1.165, 1.54) is 11.1 Å². The predicted octanol–water partition coefficient (Wildman–Crippen LogP) is 1.99. The van der Waals surface area contributed by atoms with Gasteiger partial charge in [0.15, 0.2) is 0 Å². The maximum absolute atomic E-state index is 12.3. The Morgan fingerprint density at radius 3 is 2.94 bits per heavy atom. The van der Waals surface area contributed by atoms with E-state index in [1.54, 1.807) is 0 Å². The van der Waals surface area contributed by atoms with Crippen LogP contribution in [-0.4, -0.2) is 31.4 Å². The number of fused-ring (bicyclic) bond motifs is 1. The van der Waals surface area contributed by atoms with Gasteiger partial charge < -0.3 is 10.2 Å². The molecule has 0 fully saturated rings. The summed E-state index contributed by atoms with van der Waals surface area (Å²) >= 11 is 0. The van der Waals surface area contributed by atoms with Gasteiger partial charge in [-0.2, -0.15) is 0 Å². The molecule has 0 aromatic heterocycles. The van der Waals surface area contributed by atoms with E-state index in [0.717, 1.165) is 19.4 Å². The number of hydrogen-bond acceptors (Lipinski definition) is 2. The average Bonchev–Trinajstić information content (AvgIpc) is 2.81. The van der Waals surface area contributed by atoms with Gasteiger partial charge in [0.25, 0.3) is 0 Å². The number of nitrogens with one attached hydrogen (secondary N) is 1. The Labute approximate surface area is 109 Å². The molecule has 2 atom stereocenters. The number of hydrogen-bond donors (Lipinski definition) is 1. The number of rotatable bonds is 4. The third-order valence-electron chi connectivity index (χ3n) is 3.85. The highest BCUT2D eigenvalue weighted by atomic mass is 16.2. The third-order valence-corrected chi connectivity index (χ3v) is 3.85. The quantitative estimate of drug-likeness (QED) is 0.881. The number of amides is 1. The Bertz CT molecular complexity index is 430. The van der Waals surface area contributed by atoms with Crippen molar-refractivity contribution in [1.29, 1.82) is 0 Å². The number of carbonyl (C=O) groups excluding carboxylic acids is 1. The summed E-state index contributed by atoms with van der Waals surface area (Å²) in [5.74, 6) is 0.263. The van der Waals surface area contributed by atoms with Crippen LogP contribution in [0.3, 0.4) is 0 Å². The lowest BCUT2D eigenvalue weighted by molar-refractivity contribution is -0.135. The first kappa shape index (κ1) is 13.1. The molecule has 0 bridgehead atoms. The molecule has 2 rings (SSSR count). The molecule has 18 heavy (non-hydrogen) atoms. The summed E-state index contributed by atoms with van der Waals surface area (Å²) in [5, 5.41) is 3.07. The Hall–Kier alpha value is -1.35. The van der Waals surface area contributed by atoms with Crippen LogP contribution in [0.1, 0.15) is 30.5 Å². The minimum atomic E-state index is 0.0350. The lowest BCUT2D eigenvalue weighted by atomic mass is 10.0. The van der Waals surface area contributed by atoms with Gasteiger partial charge in [-0.25, -0.2) is 0 Å². The second-order valence-electron chi connectivity index (χ2n) is 5.16. The van der Waals surface area contributed by atoms with Crippen molar-refractivity contribution in [3.8, 4) is 0 Å². The van der Waals surface area contributed by atoms with E-state index in [1.807, 2.05) is 25.9 Å². The maximum atomic E-state index is 12.3. The molecule has 3 nitrogen and oxygen atoms in total. The van der Waals surface area contributed by atoms with Crippen LogP contribution in [0.5, 0.6) is 0 Å². The highest BCUT2D eigenvalue weighted by Crippen LogP contribution is 2.35. The van der Waals surface area contributed by atoms with Gasteiger partial charge in [0, 0.05) is 19.5 Å². The van der Waals surface area contributed by atoms with Crippen molar-refractivity contribution in [3.63, 3.8) is 0 Å². The lowest BCUT2D eigenvalue weighted by Gasteiger charge is -2.28. The molecule has 0 saturated carbocycles. The number of nitrogens with zero attached hydrogens (tertiary/aromatic N) is 1. The van der Waals surface area contributed by atoms with Crippen LogP contribution in [0.2, 0.25) is 0 Å². The smallest absolute Gasteiger partial charge is 0.226 e. The van der Waals surface area contributed by atoms with Gasteiger partial charge in [-0.1, -0.05) is 31.2 Å². The van der Waals surface area contributed by atoms with E-state index in [-0.39, 0.29) is 17.9 Å². The number of carbonyl (C=O) groups is 1.